The van der Waals surface area contributed by atoms with Crippen LogP contribution in [0, 0.1) is 6.92 Å². The lowest BCUT2D eigenvalue weighted by Crippen LogP contribution is -1.73. The third-order valence-electron chi connectivity index (χ3n) is 0.738. The molecule has 0 aromatic carbocycles. The minimum Gasteiger partial charge on any atom is -0.241 e. The van der Waals surface area contributed by atoms with Gasteiger partial charge in [-0.15, -0.1) is 11.3 Å². The fraction of sp³-hybridized carbons (Fsp3) is 0.429. The number of hydrogen-bond donors (Lipinski definition) is 0. The van der Waals surface area contributed by atoms with E-state index in [9.17, 15) is 0 Å². The van der Waals surface area contributed by atoms with Gasteiger partial charge in [-0.25, -0.2) is 4.98 Å². The van der Waals surface area contributed by atoms with Crippen molar-refractivity contribution in [1.82, 2.24) is 4.98 Å². The van der Waals surface area contributed by atoms with Crippen LogP contribution in [-0.4, -0.2) is 10.4 Å². The summed E-state index contributed by atoms with van der Waals surface area (Å²) >= 11 is 6.23. The molecule has 0 aliphatic heterocycles. The van der Waals surface area contributed by atoms with E-state index in [1.807, 2.05) is 26.2 Å². The Balaban J connectivity index is 0.000000371. The third-order valence-corrected chi connectivity index (χ3v) is 2.02. The topological polar surface area (TPSA) is 12.9 Å². The second kappa shape index (κ2) is 5.50. The van der Waals surface area contributed by atoms with Crippen LogP contribution in [0.15, 0.2) is 5.38 Å². The highest BCUT2D eigenvalue weighted by Gasteiger charge is 1.89. The van der Waals surface area contributed by atoms with Crippen LogP contribution in [-0.2, 0) is 0 Å². The highest BCUT2D eigenvalue weighted by molar-refractivity contribution is 7.79. The van der Waals surface area contributed by atoms with Gasteiger partial charge in [-0.3, -0.25) is 0 Å². The molecule has 0 N–H and O–H groups in total. The lowest BCUT2D eigenvalue weighted by molar-refractivity contribution is 1.26. The Labute approximate surface area is 71.1 Å². The quantitative estimate of drug-likeness (QED) is 0.606. The molecular weight excluding hydrogens is 162 g/mol. The van der Waals surface area contributed by atoms with E-state index in [4.69, 9.17) is 0 Å². The highest BCUT2D eigenvalue weighted by Crippen LogP contribution is 2.04. The molecule has 0 bridgehead atoms. The summed E-state index contributed by atoms with van der Waals surface area (Å²) in [5.41, 5.74) is 1.05. The number of nitrogens with zero attached hydrogens (tertiary/aromatic N) is 1. The summed E-state index contributed by atoms with van der Waals surface area (Å²) in [6.45, 7) is 5.96. The van der Waals surface area contributed by atoms with E-state index in [0.717, 1.165) is 10.7 Å². The van der Waals surface area contributed by atoms with Crippen LogP contribution < -0.4 is 0 Å². The van der Waals surface area contributed by atoms with Crippen LogP contribution in [0.1, 0.15) is 24.5 Å². The lowest BCUT2D eigenvalue weighted by atomic mass is 10.6. The van der Waals surface area contributed by atoms with Gasteiger partial charge in [-0.2, -0.15) is 0 Å². The van der Waals surface area contributed by atoms with E-state index in [-0.39, 0.29) is 0 Å². The maximum atomic E-state index is 4.65. The van der Waals surface area contributed by atoms with Crippen molar-refractivity contribution in [2.24, 2.45) is 0 Å². The molecule has 0 saturated heterocycles. The Morgan fingerprint density at radius 2 is 2.20 bits per heavy atom. The van der Waals surface area contributed by atoms with Crippen LogP contribution in [0.2, 0.25) is 0 Å². The fourth-order valence-electron chi connectivity index (χ4n) is 0.426. The van der Waals surface area contributed by atoms with E-state index in [1.54, 1.807) is 16.7 Å². The molecule has 0 saturated carbocycles. The number of aromatic nitrogens is 1. The van der Waals surface area contributed by atoms with Crippen LogP contribution in [0.25, 0.3) is 0 Å². The summed E-state index contributed by atoms with van der Waals surface area (Å²) in [6.07, 6.45) is 0. The molecular formula is C7H11NS2. The molecule has 0 aliphatic rings. The number of thiazole rings is 1. The van der Waals surface area contributed by atoms with E-state index >= 15 is 0 Å². The van der Waals surface area contributed by atoms with Gasteiger partial charge in [0.2, 0.25) is 0 Å². The van der Waals surface area contributed by atoms with Crippen molar-refractivity contribution in [3.05, 3.63) is 16.1 Å². The average molecular weight is 173 g/mol. The molecule has 0 unspecified atom stereocenters. The summed E-state index contributed by atoms with van der Waals surface area (Å²) in [5, 5.41) is 4.51. The van der Waals surface area contributed by atoms with Crippen molar-refractivity contribution in [3.8, 4) is 0 Å². The number of aryl methyl sites for hydroxylation is 1. The molecule has 56 valence electrons. The molecule has 1 rings (SSSR count). The molecule has 0 spiro atoms. The first-order chi connectivity index (χ1) is 4.83. The van der Waals surface area contributed by atoms with Crippen molar-refractivity contribution < 1.29 is 0 Å². The van der Waals surface area contributed by atoms with Gasteiger partial charge in [0.25, 0.3) is 0 Å². The molecule has 0 amide bonds. The van der Waals surface area contributed by atoms with Crippen LogP contribution >= 0.6 is 23.6 Å². The maximum Gasteiger partial charge on any atom is 0.127 e. The molecule has 1 nitrogen and oxygen atoms in total. The first-order valence-electron chi connectivity index (χ1n) is 3.20. The van der Waals surface area contributed by atoms with E-state index < -0.39 is 0 Å². The average Bonchev–Trinajstić information content (AvgIpc) is 2.40. The summed E-state index contributed by atoms with van der Waals surface area (Å²) in [6, 6.07) is 0. The Kier molecular flexibility index (Phi) is 5.35. The van der Waals surface area contributed by atoms with Gasteiger partial charge in [0.15, 0.2) is 0 Å². The summed E-state index contributed by atoms with van der Waals surface area (Å²) < 4.78 is 0. The number of hydrogen-bond acceptors (Lipinski definition) is 3. The van der Waals surface area contributed by atoms with Crippen molar-refractivity contribution >= 4 is 28.9 Å². The predicted octanol–water partition coefficient (Wildman–Crippen LogP) is 2.83. The molecule has 0 aliphatic carbocycles. The molecule has 1 aromatic rings. The Hall–Kier alpha value is -0.280. The molecule has 0 radical (unpaired) electrons. The number of thiocarbonyl (C=S) groups is 1. The van der Waals surface area contributed by atoms with E-state index in [0.29, 0.717) is 0 Å². The van der Waals surface area contributed by atoms with E-state index in [1.165, 1.54) is 0 Å². The fourth-order valence-corrected chi connectivity index (χ4v) is 1.24. The van der Waals surface area contributed by atoms with Crippen molar-refractivity contribution in [3.63, 3.8) is 0 Å². The van der Waals surface area contributed by atoms with Crippen LogP contribution in [0.4, 0.5) is 0 Å². The van der Waals surface area contributed by atoms with Crippen molar-refractivity contribution in [2.45, 2.75) is 20.8 Å². The third kappa shape index (κ3) is 3.03. The van der Waals surface area contributed by atoms with Gasteiger partial charge in [0.1, 0.15) is 5.01 Å². The van der Waals surface area contributed by atoms with Gasteiger partial charge in [0, 0.05) is 16.4 Å². The zero-order valence-corrected chi connectivity index (χ0v) is 8.05. The monoisotopic (exact) mass is 173 g/mol. The highest BCUT2D eigenvalue weighted by atomic mass is 32.1. The normalized spacial score (nSPS) is 7.90. The van der Waals surface area contributed by atoms with Crippen molar-refractivity contribution in [2.75, 3.05) is 0 Å². The summed E-state index contributed by atoms with van der Waals surface area (Å²) in [5.74, 6) is 0. The maximum absolute atomic E-state index is 4.65. The molecule has 10 heavy (non-hydrogen) atoms. The van der Waals surface area contributed by atoms with Crippen LogP contribution in [0.3, 0.4) is 0 Å². The van der Waals surface area contributed by atoms with Gasteiger partial charge >= 0.3 is 0 Å². The van der Waals surface area contributed by atoms with E-state index in [2.05, 4.69) is 17.2 Å². The molecule has 1 heterocycles. The van der Waals surface area contributed by atoms with Gasteiger partial charge in [-0.05, 0) is 6.92 Å². The molecule has 0 fully saturated rings. The number of rotatable bonds is 1. The largest absolute Gasteiger partial charge is 0.241 e. The molecule has 1 aromatic heterocycles. The Bertz CT molecular complexity index is 193. The SMILES string of the molecule is CC.Cc1csc(C=S)n1. The molecule has 3 heteroatoms. The lowest BCUT2D eigenvalue weighted by Gasteiger charge is -1.72. The minimum atomic E-state index is 0.928. The second-order valence-corrected chi connectivity index (χ2v) is 2.57. The van der Waals surface area contributed by atoms with Crippen LogP contribution in [0.5, 0.6) is 0 Å². The smallest absolute Gasteiger partial charge is 0.127 e. The van der Waals surface area contributed by atoms with Gasteiger partial charge < -0.3 is 0 Å². The second-order valence-electron chi connectivity index (χ2n) is 1.44. The zero-order chi connectivity index (χ0) is 7.98. The predicted molar refractivity (Wildman–Crippen MR) is 51.0 cm³/mol. The minimum absolute atomic E-state index is 0.928. The molecule has 0 atom stereocenters. The van der Waals surface area contributed by atoms with Crippen molar-refractivity contribution in [1.29, 1.82) is 0 Å². The van der Waals surface area contributed by atoms with Gasteiger partial charge in [-0.1, -0.05) is 26.1 Å². The Morgan fingerprint density at radius 3 is 2.40 bits per heavy atom. The summed E-state index contributed by atoms with van der Waals surface area (Å²) in [7, 11) is 0. The first-order valence-corrected chi connectivity index (χ1v) is 4.55. The Morgan fingerprint density at radius 1 is 1.60 bits per heavy atom. The standard InChI is InChI=1S/C5H5NS2.C2H6/c1-4-3-8-5(2-7)6-4;1-2/h2-3H,1H3;1-2H3. The van der Waals surface area contributed by atoms with Gasteiger partial charge in [0.05, 0.1) is 0 Å². The summed E-state index contributed by atoms with van der Waals surface area (Å²) in [4.78, 5) is 4.09. The zero-order valence-electron chi connectivity index (χ0n) is 6.42. The first kappa shape index (κ1) is 9.72.